The Morgan fingerprint density at radius 2 is 1.79 bits per heavy atom. The molecule has 0 fully saturated rings. The number of nitrogens with one attached hydrogen (secondary N) is 2. The number of methoxy groups -OCH3 is 1. The van der Waals surface area contributed by atoms with E-state index in [2.05, 4.69) is 10.6 Å². The predicted molar refractivity (Wildman–Crippen MR) is 110 cm³/mol. The van der Waals surface area contributed by atoms with Gasteiger partial charge in [-0.25, -0.2) is 0 Å². The number of para-hydroxylation sites is 1. The van der Waals surface area contributed by atoms with Crippen molar-refractivity contribution >= 4 is 23.5 Å². The zero-order valence-corrected chi connectivity index (χ0v) is 16.8. The first kappa shape index (κ1) is 21.9. The van der Waals surface area contributed by atoms with E-state index in [1.807, 2.05) is 19.9 Å². The fraction of sp³-hybridized carbons (Fsp3) is 0.318. The molecule has 7 nitrogen and oxygen atoms in total. The van der Waals surface area contributed by atoms with Gasteiger partial charge in [0.15, 0.2) is 0 Å². The molecule has 154 valence electrons. The number of hydrogen-bond acceptors (Lipinski definition) is 4. The van der Waals surface area contributed by atoms with Crippen LogP contribution in [0, 0.1) is 5.92 Å². The molecule has 0 saturated heterocycles. The second-order valence-electron chi connectivity index (χ2n) is 6.98. The smallest absolute Gasteiger partial charge is 0.303 e. The number of carbonyl (C=O) groups excluding carboxylic acids is 2. The van der Waals surface area contributed by atoms with Crippen LogP contribution in [-0.2, 0) is 16.0 Å². The largest absolute Gasteiger partial charge is 0.496 e. The molecule has 2 aromatic rings. The van der Waals surface area contributed by atoms with Gasteiger partial charge in [0.1, 0.15) is 11.8 Å². The summed E-state index contributed by atoms with van der Waals surface area (Å²) >= 11 is 0. The normalized spacial score (nSPS) is 11.6. The van der Waals surface area contributed by atoms with Crippen LogP contribution in [0.2, 0.25) is 0 Å². The van der Waals surface area contributed by atoms with Gasteiger partial charge >= 0.3 is 5.97 Å². The summed E-state index contributed by atoms with van der Waals surface area (Å²) in [5.74, 6) is -1.34. The minimum absolute atomic E-state index is 0.0149. The molecular weight excluding hydrogens is 372 g/mol. The van der Waals surface area contributed by atoms with Crippen LogP contribution in [0.3, 0.4) is 0 Å². The molecule has 0 aliphatic heterocycles. The van der Waals surface area contributed by atoms with E-state index in [4.69, 9.17) is 9.84 Å². The summed E-state index contributed by atoms with van der Waals surface area (Å²) in [5.41, 5.74) is 1.71. The third-order valence-electron chi connectivity index (χ3n) is 4.41. The average Bonchev–Trinajstić information content (AvgIpc) is 2.70. The van der Waals surface area contributed by atoms with Gasteiger partial charge in [-0.2, -0.15) is 0 Å². The SMILES string of the molecule is COc1ccccc1C(=O)NC(C(=O)Nc1cccc(CCC(=O)O)c1)C(C)C. The molecule has 2 aromatic carbocycles. The van der Waals surface area contributed by atoms with Crippen molar-refractivity contribution in [1.29, 1.82) is 0 Å². The van der Waals surface area contributed by atoms with E-state index in [1.165, 1.54) is 7.11 Å². The van der Waals surface area contributed by atoms with Gasteiger partial charge < -0.3 is 20.5 Å². The summed E-state index contributed by atoms with van der Waals surface area (Å²) in [4.78, 5) is 36.2. The highest BCUT2D eigenvalue weighted by atomic mass is 16.5. The maximum atomic E-state index is 12.8. The number of benzene rings is 2. The van der Waals surface area contributed by atoms with Gasteiger partial charge in [0, 0.05) is 12.1 Å². The van der Waals surface area contributed by atoms with Crippen molar-refractivity contribution in [3.63, 3.8) is 0 Å². The lowest BCUT2D eigenvalue weighted by Crippen LogP contribution is -2.47. The van der Waals surface area contributed by atoms with Crippen LogP contribution in [0.15, 0.2) is 48.5 Å². The number of carbonyl (C=O) groups is 3. The quantitative estimate of drug-likeness (QED) is 0.602. The molecule has 0 heterocycles. The lowest BCUT2D eigenvalue weighted by atomic mass is 10.0. The van der Waals surface area contributed by atoms with Crippen LogP contribution in [0.25, 0.3) is 0 Å². The standard InChI is InChI=1S/C22H26N2O5/c1-14(2)20(24-21(27)17-9-4-5-10-18(17)29-3)22(28)23-16-8-6-7-15(13-16)11-12-19(25)26/h4-10,13-14,20H,11-12H2,1-3H3,(H,23,28)(H,24,27)(H,25,26). The molecule has 7 heteroatoms. The highest BCUT2D eigenvalue weighted by Crippen LogP contribution is 2.18. The maximum absolute atomic E-state index is 12.8. The van der Waals surface area contributed by atoms with Gasteiger partial charge in [0.05, 0.1) is 12.7 Å². The first-order chi connectivity index (χ1) is 13.8. The van der Waals surface area contributed by atoms with Crippen LogP contribution < -0.4 is 15.4 Å². The van der Waals surface area contributed by atoms with Gasteiger partial charge in [0.2, 0.25) is 5.91 Å². The van der Waals surface area contributed by atoms with E-state index in [9.17, 15) is 14.4 Å². The molecule has 0 bridgehead atoms. The van der Waals surface area contributed by atoms with Crippen molar-refractivity contribution in [1.82, 2.24) is 5.32 Å². The number of amides is 2. The fourth-order valence-corrected chi connectivity index (χ4v) is 2.86. The third kappa shape index (κ3) is 6.34. The summed E-state index contributed by atoms with van der Waals surface area (Å²) in [5, 5.41) is 14.4. The minimum atomic E-state index is -0.877. The second kappa shape index (κ2) is 10.3. The van der Waals surface area contributed by atoms with E-state index in [1.54, 1.807) is 42.5 Å². The molecule has 2 rings (SSSR count). The van der Waals surface area contributed by atoms with Crippen molar-refractivity contribution in [3.8, 4) is 5.75 Å². The topological polar surface area (TPSA) is 105 Å². The number of aryl methyl sites for hydroxylation is 1. The average molecular weight is 398 g/mol. The molecule has 0 saturated carbocycles. The molecule has 0 aromatic heterocycles. The summed E-state index contributed by atoms with van der Waals surface area (Å²) in [6.45, 7) is 3.69. The summed E-state index contributed by atoms with van der Waals surface area (Å²) in [6.07, 6.45) is 0.387. The van der Waals surface area contributed by atoms with E-state index in [0.717, 1.165) is 5.56 Å². The first-order valence-corrected chi connectivity index (χ1v) is 9.37. The maximum Gasteiger partial charge on any atom is 0.303 e. The van der Waals surface area contributed by atoms with Crippen LogP contribution in [0.4, 0.5) is 5.69 Å². The number of anilines is 1. The highest BCUT2D eigenvalue weighted by molar-refractivity contribution is 6.02. The third-order valence-corrected chi connectivity index (χ3v) is 4.41. The molecule has 0 radical (unpaired) electrons. The molecule has 29 heavy (non-hydrogen) atoms. The Hall–Kier alpha value is -3.35. The van der Waals surface area contributed by atoms with Crippen molar-refractivity contribution in [3.05, 3.63) is 59.7 Å². The Balaban J connectivity index is 2.11. The number of hydrogen-bond donors (Lipinski definition) is 3. The van der Waals surface area contributed by atoms with Gasteiger partial charge in [0.25, 0.3) is 5.91 Å². The van der Waals surface area contributed by atoms with Crippen LogP contribution in [0.1, 0.15) is 36.2 Å². The summed E-state index contributed by atoms with van der Waals surface area (Å²) < 4.78 is 5.21. The Morgan fingerprint density at radius 1 is 1.07 bits per heavy atom. The number of rotatable bonds is 9. The van der Waals surface area contributed by atoms with Gasteiger partial charge in [-0.1, -0.05) is 38.1 Å². The molecule has 2 amide bonds. The lowest BCUT2D eigenvalue weighted by Gasteiger charge is -2.22. The van der Waals surface area contributed by atoms with Gasteiger partial charge in [-0.05, 0) is 42.2 Å². The zero-order chi connectivity index (χ0) is 21.4. The molecular formula is C22H26N2O5. The molecule has 1 atom stereocenters. The number of ether oxygens (including phenoxy) is 1. The zero-order valence-electron chi connectivity index (χ0n) is 16.8. The van der Waals surface area contributed by atoms with Crippen LogP contribution in [-0.4, -0.2) is 36.0 Å². The summed E-state index contributed by atoms with van der Waals surface area (Å²) in [7, 11) is 1.48. The molecule has 0 aliphatic carbocycles. The van der Waals surface area contributed by atoms with Crippen molar-refractivity contribution in [2.45, 2.75) is 32.7 Å². The summed E-state index contributed by atoms with van der Waals surface area (Å²) in [6, 6.07) is 13.1. The van der Waals surface area contributed by atoms with Crippen molar-refractivity contribution < 1.29 is 24.2 Å². The number of carboxylic acid groups (broad SMARTS) is 1. The Labute approximate surface area is 170 Å². The molecule has 3 N–H and O–H groups in total. The Bertz CT molecular complexity index is 879. The molecule has 0 spiro atoms. The highest BCUT2D eigenvalue weighted by Gasteiger charge is 2.26. The Morgan fingerprint density at radius 3 is 2.45 bits per heavy atom. The predicted octanol–water partition coefficient (Wildman–Crippen LogP) is 3.11. The van der Waals surface area contributed by atoms with Crippen molar-refractivity contribution in [2.24, 2.45) is 5.92 Å². The minimum Gasteiger partial charge on any atom is -0.496 e. The van der Waals surface area contributed by atoms with Crippen molar-refractivity contribution in [2.75, 3.05) is 12.4 Å². The molecule has 1 unspecified atom stereocenters. The van der Waals surface area contributed by atoms with E-state index in [0.29, 0.717) is 23.4 Å². The lowest BCUT2D eigenvalue weighted by molar-refractivity contribution is -0.137. The van der Waals surface area contributed by atoms with Gasteiger partial charge in [-0.15, -0.1) is 0 Å². The number of aliphatic carboxylic acids is 1. The van der Waals surface area contributed by atoms with E-state index in [-0.39, 0.29) is 18.2 Å². The van der Waals surface area contributed by atoms with E-state index < -0.39 is 17.9 Å². The van der Waals surface area contributed by atoms with Crippen LogP contribution in [0.5, 0.6) is 5.75 Å². The molecule has 0 aliphatic rings. The number of carboxylic acids is 1. The monoisotopic (exact) mass is 398 g/mol. The van der Waals surface area contributed by atoms with Gasteiger partial charge in [-0.3, -0.25) is 14.4 Å². The van der Waals surface area contributed by atoms with E-state index >= 15 is 0 Å². The first-order valence-electron chi connectivity index (χ1n) is 9.37. The Kier molecular flexibility index (Phi) is 7.77. The fourth-order valence-electron chi connectivity index (χ4n) is 2.86. The second-order valence-corrected chi connectivity index (χ2v) is 6.98. The van der Waals surface area contributed by atoms with Crippen LogP contribution >= 0.6 is 0 Å².